The first kappa shape index (κ1) is 15.4. The van der Waals surface area contributed by atoms with Crippen molar-refractivity contribution in [2.24, 2.45) is 5.73 Å². The number of nitrogens with one attached hydrogen (secondary N) is 2. The van der Waals surface area contributed by atoms with E-state index in [0.29, 0.717) is 16.4 Å². The van der Waals surface area contributed by atoms with Crippen LogP contribution in [0.4, 0.5) is 16.2 Å². The van der Waals surface area contributed by atoms with E-state index >= 15 is 0 Å². The molecule has 0 bridgehead atoms. The van der Waals surface area contributed by atoms with Gasteiger partial charge in [-0.1, -0.05) is 29.8 Å². The van der Waals surface area contributed by atoms with Gasteiger partial charge in [0.15, 0.2) is 0 Å². The summed E-state index contributed by atoms with van der Waals surface area (Å²) in [5, 5.41) is 6.18. The van der Waals surface area contributed by atoms with Crippen LogP contribution in [0.1, 0.15) is 24.1 Å². The summed E-state index contributed by atoms with van der Waals surface area (Å²) in [5.74, 6) is 0. The molecule has 5 heteroatoms. The summed E-state index contributed by atoms with van der Waals surface area (Å²) in [6.07, 6.45) is 0. The van der Waals surface area contributed by atoms with Crippen LogP contribution in [0.2, 0.25) is 5.02 Å². The number of benzene rings is 2. The van der Waals surface area contributed by atoms with Gasteiger partial charge in [-0.05, 0) is 49.2 Å². The number of nitrogens with two attached hydrogens (primary N) is 1. The average molecular weight is 304 g/mol. The first-order chi connectivity index (χ1) is 9.97. The molecule has 1 atom stereocenters. The maximum Gasteiger partial charge on any atom is 0.323 e. The van der Waals surface area contributed by atoms with Crippen molar-refractivity contribution in [3.05, 3.63) is 58.6 Å². The van der Waals surface area contributed by atoms with Crippen LogP contribution in [-0.4, -0.2) is 6.03 Å². The minimum absolute atomic E-state index is 0.0787. The van der Waals surface area contributed by atoms with E-state index < -0.39 is 0 Å². The van der Waals surface area contributed by atoms with E-state index in [1.807, 2.05) is 38.1 Å². The van der Waals surface area contributed by atoms with Crippen molar-refractivity contribution in [1.29, 1.82) is 0 Å². The van der Waals surface area contributed by atoms with E-state index in [9.17, 15) is 4.79 Å². The van der Waals surface area contributed by atoms with E-state index in [1.165, 1.54) is 0 Å². The maximum absolute atomic E-state index is 12.0. The van der Waals surface area contributed by atoms with Gasteiger partial charge in [-0.15, -0.1) is 0 Å². The molecule has 4 nitrogen and oxygen atoms in total. The fraction of sp³-hybridized carbons (Fsp3) is 0.188. The molecule has 0 saturated carbocycles. The highest BCUT2D eigenvalue weighted by molar-refractivity contribution is 6.31. The second kappa shape index (κ2) is 6.61. The van der Waals surface area contributed by atoms with Crippen LogP contribution < -0.4 is 16.4 Å². The summed E-state index contributed by atoms with van der Waals surface area (Å²) in [6, 6.07) is 12.4. The standard InChI is InChI=1S/C16H18ClN3O/c1-10-14(17)7-4-8-15(10)20-16(21)19-13-6-3-5-12(9-13)11(2)18/h3-9,11H,18H2,1-2H3,(H2,19,20,21). The number of urea groups is 1. The molecule has 21 heavy (non-hydrogen) atoms. The fourth-order valence-electron chi connectivity index (χ4n) is 1.93. The summed E-state index contributed by atoms with van der Waals surface area (Å²) in [7, 11) is 0. The Bertz CT molecular complexity index is 656. The van der Waals surface area contributed by atoms with Gasteiger partial charge >= 0.3 is 6.03 Å². The van der Waals surface area contributed by atoms with Crippen molar-refractivity contribution in [3.63, 3.8) is 0 Å². The van der Waals surface area contributed by atoms with Crippen molar-refractivity contribution in [1.82, 2.24) is 0 Å². The van der Waals surface area contributed by atoms with Crippen molar-refractivity contribution < 1.29 is 4.79 Å². The molecule has 2 rings (SSSR count). The first-order valence-electron chi connectivity index (χ1n) is 6.66. The van der Waals surface area contributed by atoms with Gasteiger partial charge in [0.2, 0.25) is 0 Å². The molecule has 1 unspecified atom stereocenters. The van der Waals surface area contributed by atoms with Gasteiger partial charge in [-0.3, -0.25) is 0 Å². The second-order valence-corrected chi connectivity index (χ2v) is 5.31. The van der Waals surface area contributed by atoms with Gasteiger partial charge in [0, 0.05) is 22.4 Å². The lowest BCUT2D eigenvalue weighted by Gasteiger charge is -2.12. The molecule has 2 aromatic rings. The van der Waals surface area contributed by atoms with Crippen molar-refractivity contribution >= 4 is 29.0 Å². The predicted octanol–water partition coefficient (Wildman–Crippen LogP) is 4.31. The molecule has 0 heterocycles. The van der Waals surface area contributed by atoms with Crippen LogP contribution in [0.5, 0.6) is 0 Å². The van der Waals surface area contributed by atoms with E-state index in [-0.39, 0.29) is 12.1 Å². The highest BCUT2D eigenvalue weighted by Crippen LogP contribution is 2.23. The van der Waals surface area contributed by atoms with Crippen LogP contribution >= 0.6 is 11.6 Å². The van der Waals surface area contributed by atoms with E-state index in [1.54, 1.807) is 18.2 Å². The Balaban J connectivity index is 2.08. The third-order valence-electron chi connectivity index (χ3n) is 3.19. The molecule has 110 valence electrons. The molecule has 4 N–H and O–H groups in total. The molecule has 0 aromatic heterocycles. The third kappa shape index (κ3) is 3.97. The zero-order valence-electron chi connectivity index (χ0n) is 12.0. The van der Waals surface area contributed by atoms with Crippen LogP contribution in [-0.2, 0) is 0 Å². The first-order valence-corrected chi connectivity index (χ1v) is 7.04. The predicted molar refractivity (Wildman–Crippen MR) is 87.9 cm³/mol. The van der Waals surface area contributed by atoms with Crippen LogP contribution in [0, 0.1) is 6.92 Å². The normalized spacial score (nSPS) is 11.8. The molecule has 0 radical (unpaired) electrons. The molecule has 2 amide bonds. The second-order valence-electron chi connectivity index (χ2n) is 4.91. The summed E-state index contributed by atoms with van der Waals surface area (Å²) < 4.78 is 0. The van der Waals surface area contributed by atoms with Crippen LogP contribution in [0.25, 0.3) is 0 Å². The largest absolute Gasteiger partial charge is 0.324 e. The fourth-order valence-corrected chi connectivity index (χ4v) is 2.10. The Morgan fingerprint density at radius 2 is 1.90 bits per heavy atom. The van der Waals surface area contributed by atoms with Gasteiger partial charge in [0.1, 0.15) is 0 Å². The van der Waals surface area contributed by atoms with Crippen LogP contribution in [0.3, 0.4) is 0 Å². The lowest BCUT2D eigenvalue weighted by molar-refractivity contribution is 0.262. The lowest BCUT2D eigenvalue weighted by atomic mass is 10.1. The van der Waals surface area contributed by atoms with Crippen LogP contribution in [0.15, 0.2) is 42.5 Å². The number of amides is 2. The van der Waals surface area contributed by atoms with Crippen molar-refractivity contribution in [3.8, 4) is 0 Å². The summed E-state index contributed by atoms with van der Waals surface area (Å²) >= 11 is 6.03. The maximum atomic E-state index is 12.0. The Kier molecular flexibility index (Phi) is 4.83. The van der Waals surface area contributed by atoms with Gasteiger partial charge in [0.05, 0.1) is 0 Å². The number of hydrogen-bond acceptors (Lipinski definition) is 2. The Labute approximate surface area is 129 Å². The molecular formula is C16H18ClN3O. The minimum atomic E-state index is -0.317. The smallest absolute Gasteiger partial charge is 0.323 e. The molecule has 0 aliphatic heterocycles. The number of hydrogen-bond donors (Lipinski definition) is 3. The van der Waals surface area contributed by atoms with Gasteiger partial charge < -0.3 is 16.4 Å². The van der Waals surface area contributed by atoms with E-state index in [2.05, 4.69) is 10.6 Å². The Morgan fingerprint density at radius 3 is 2.62 bits per heavy atom. The summed E-state index contributed by atoms with van der Waals surface area (Å²) in [4.78, 5) is 12.0. The van der Waals surface area contributed by atoms with Crippen molar-refractivity contribution in [2.45, 2.75) is 19.9 Å². The summed E-state index contributed by atoms with van der Waals surface area (Å²) in [5.41, 5.74) is 9.01. The SMILES string of the molecule is Cc1c(Cl)cccc1NC(=O)Nc1cccc(C(C)N)c1. The molecule has 2 aromatic carbocycles. The molecule has 0 saturated heterocycles. The lowest BCUT2D eigenvalue weighted by Crippen LogP contribution is -2.20. The molecular weight excluding hydrogens is 286 g/mol. The monoisotopic (exact) mass is 303 g/mol. The quantitative estimate of drug-likeness (QED) is 0.791. The highest BCUT2D eigenvalue weighted by atomic mass is 35.5. The zero-order valence-corrected chi connectivity index (χ0v) is 12.7. The third-order valence-corrected chi connectivity index (χ3v) is 3.60. The number of carbonyl (C=O) groups is 1. The molecule has 0 spiro atoms. The number of anilines is 2. The summed E-state index contributed by atoms with van der Waals surface area (Å²) in [6.45, 7) is 3.75. The highest BCUT2D eigenvalue weighted by Gasteiger charge is 2.07. The zero-order chi connectivity index (χ0) is 15.4. The average Bonchev–Trinajstić information content (AvgIpc) is 2.44. The van der Waals surface area contributed by atoms with Crippen molar-refractivity contribution in [2.75, 3.05) is 10.6 Å². The molecule has 0 fully saturated rings. The number of rotatable bonds is 3. The minimum Gasteiger partial charge on any atom is -0.324 e. The van der Waals surface area contributed by atoms with Gasteiger partial charge in [0.25, 0.3) is 0 Å². The van der Waals surface area contributed by atoms with E-state index in [4.69, 9.17) is 17.3 Å². The topological polar surface area (TPSA) is 67.2 Å². The van der Waals surface area contributed by atoms with Gasteiger partial charge in [-0.2, -0.15) is 0 Å². The number of carbonyl (C=O) groups excluding carboxylic acids is 1. The number of halogens is 1. The Hall–Kier alpha value is -2.04. The van der Waals surface area contributed by atoms with Gasteiger partial charge in [-0.25, -0.2) is 4.79 Å². The van der Waals surface area contributed by atoms with E-state index in [0.717, 1.165) is 11.1 Å². The molecule has 0 aliphatic rings. The molecule has 0 aliphatic carbocycles. The Morgan fingerprint density at radius 1 is 1.19 bits per heavy atom.